The Morgan fingerprint density at radius 1 is 0.456 bits per heavy atom. The van der Waals surface area contributed by atoms with Crippen molar-refractivity contribution in [3.8, 4) is 22.5 Å². The van der Waals surface area contributed by atoms with Gasteiger partial charge in [0.05, 0.1) is 42.1 Å². The Morgan fingerprint density at radius 2 is 0.816 bits per heavy atom. The number of anilines is 6. The number of halogens is 8. The molecule has 6 aromatic heterocycles. The monoisotopic (exact) mass is 1950 g/mol. The van der Waals surface area contributed by atoms with E-state index in [2.05, 4.69) is 86.5 Å². The minimum absolute atomic E-state index is 0.0839. The smallest absolute Gasteiger partial charge is 0.425 e. The van der Waals surface area contributed by atoms with Gasteiger partial charge in [0.25, 0.3) is 0 Å². The lowest BCUT2D eigenvalue weighted by Crippen LogP contribution is -2.50. The van der Waals surface area contributed by atoms with Crippen LogP contribution in [0.4, 0.5) is 69.6 Å². The van der Waals surface area contributed by atoms with Gasteiger partial charge in [0, 0.05) is 111 Å². The molecule has 3 saturated heterocycles. The van der Waals surface area contributed by atoms with E-state index in [0.29, 0.717) is 127 Å². The molecule has 37 heteroatoms. The zero-order chi connectivity index (χ0) is 90.9. The average molecular weight is 1960 g/mol. The van der Waals surface area contributed by atoms with Gasteiger partial charge < -0.3 is 58.8 Å². The molecule has 0 unspecified atom stereocenters. The van der Waals surface area contributed by atoms with E-state index in [-0.39, 0.29) is 72.1 Å². The van der Waals surface area contributed by atoms with Crippen LogP contribution in [0.3, 0.4) is 0 Å². The number of amides is 6. The highest BCUT2D eigenvalue weighted by molar-refractivity contribution is 9.11. The van der Waals surface area contributed by atoms with Gasteiger partial charge in [0.15, 0.2) is 23.3 Å². The van der Waals surface area contributed by atoms with Crippen LogP contribution in [0.2, 0.25) is 15.1 Å². The lowest BCUT2D eigenvalue weighted by Gasteiger charge is -2.36. The third-order valence-corrected chi connectivity index (χ3v) is 24.3. The summed E-state index contributed by atoms with van der Waals surface area (Å²) < 4.78 is 87.2. The molecule has 3 fully saturated rings. The van der Waals surface area contributed by atoms with Gasteiger partial charge in [-0.15, -0.1) is 0 Å². The number of aromatic nitrogens is 6. The van der Waals surface area contributed by atoms with Crippen LogP contribution in [-0.4, -0.2) is 186 Å². The predicted molar refractivity (Wildman–Crippen MR) is 501 cm³/mol. The summed E-state index contributed by atoms with van der Waals surface area (Å²) in [5.41, 5.74) is 4.38. The maximum Gasteiger partial charge on any atom is 0.425 e. The number of imide groups is 1. The van der Waals surface area contributed by atoms with E-state index in [1.54, 1.807) is 113 Å². The first-order valence-corrected chi connectivity index (χ1v) is 44.7. The minimum atomic E-state index is -0.846. The average Bonchev–Trinajstić information content (AvgIpc) is 1.70. The van der Waals surface area contributed by atoms with Gasteiger partial charge in [-0.1, -0.05) is 114 Å². The molecule has 6 aromatic carbocycles. The van der Waals surface area contributed by atoms with Crippen molar-refractivity contribution in [2.75, 3.05) is 109 Å². The number of nitrogen functional groups attached to an aromatic ring is 1. The van der Waals surface area contributed by atoms with Crippen molar-refractivity contribution in [1.82, 2.24) is 42.8 Å². The molecule has 660 valence electrons. The SMILES string of the molecule is C=CC(=O)N1CCN(c2snc3c(F)c(-c4nc(N)cc5ccccc45)c(Cl)cc23)CC1.CC(C)(C)OC(=O)N(C(=O)OC(C)(C)C)c1cc2ccccc2c(Br)n1.CC(C)(C)OC(=O)N1CCN(c2snc3c(F)c(Br)c(Cl)cc23)CC1.CC(C)(C)OC(=O)Nc1cc2ccccc2c(-c2c(Cl)cc3c(N4CCN(C(=O)OC(C)(C)C)CC4)snc3c2F)n1. The molecule has 3 aliphatic heterocycles. The number of rotatable bonds is 8. The zero-order valence-electron chi connectivity index (χ0n) is 71.3. The molecule has 0 aliphatic carbocycles. The summed E-state index contributed by atoms with van der Waals surface area (Å²) in [5, 5.41) is 12.5. The number of nitrogens with zero attached hydrogens (tertiary/aromatic N) is 13. The number of carbonyl (C=O) groups is 6. The van der Waals surface area contributed by atoms with E-state index in [9.17, 15) is 33.2 Å². The van der Waals surface area contributed by atoms with E-state index in [1.807, 2.05) is 114 Å². The van der Waals surface area contributed by atoms with Crippen LogP contribution in [0, 0.1) is 17.5 Å². The summed E-state index contributed by atoms with van der Waals surface area (Å²) in [6, 6.07) is 32.7. The maximum atomic E-state index is 16.3. The van der Waals surface area contributed by atoms with Crippen molar-refractivity contribution >= 4 is 235 Å². The number of carbonyl (C=O) groups excluding carboxylic acids is 6. The lowest BCUT2D eigenvalue weighted by molar-refractivity contribution is -0.126. The highest BCUT2D eigenvalue weighted by Gasteiger charge is 2.37. The zero-order valence-corrected chi connectivity index (χ0v) is 79.2. The first kappa shape index (κ1) is 93.9. The number of piperazine rings is 3. The first-order valence-electron chi connectivity index (χ1n) is 39.7. The molecule has 26 nitrogen and oxygen atoms in total. The number of ether oxygens (including phenoxy) is 5. The highest BCUT2D eigenvalue weighted by Crippen LogP contribution is 2.46. The number of pyridine rings is 3. The Hall–Kier alpha value is -10.2. The molecular formula is C88H93Br2Cl3F3N15O11S3. The predicted octanol–water partition coefficient (Wildman–Crippen LogP) is 23.0. The van der Waals surface area contributed by atoms with Crippen LogP contribution < -0.4 is 30.7 Å². The highest BCUT2D eigenvalue weighted by atomic mass is 79.9. The number of hydrogen-bond donors (Lipinski definition) is 2. The van der Waals surface area contributed by atoms with Gasteiger partial charge in [-0.05, 0) is 229 Å². The number of hydrogen-bond acceptors (Lipinski definition) is 24. The standard InChI is InChI=1S/C30H33ClFN5O4S.C23H19ClFN5OS.C19H23BrN2O4.C16H18BrClFN3O2S/c1-29(2,3)40-27(38)34-21-15-17-9-7-8-10-18(17)24(33-21)22-20(31)16-19-25(23(22)32)35-42-26(19)36-11-13-37(14-12-36)28(39)41-30(4,5)6;1-2-18(31)29-7-9-30(10-8-29)23-15-12-16(24)19(20(25)22(15)28-32-23)21-14-6-4-3-5-13(14)11-17(26)27-21;1-18(2,3)25-16(23)22(17(24)26-19(4,5)6)14-11-12-9-7-8-10-13(12)15(20)21-14;1-16(2,3)24-15(23)22-6-4-21(5-7-22)14-9-8-10(18)11(17)12(19)13(9)20-25-14/h7-10,15-16H,11-14H2,1-6H3,(H,33,34,38);2-6,11-12H,1,7-10H2,(H2,26,27);7-11H,1-6H3;8H,4-7H2,1-3H3. The van der Waals surface area contributed by atoms with Crippen molar-refractivity contribution in [1.29, 1.82) is 0 Å². The molecule has 6 amide bonds. The summed E-state index contributed by atoms with van der Waals surface area (Å²) in [6.45, 7) is 37.0. The van der Waals surface area contributed by atoms with Gasteiger partial charge in [-0.2, -0.15) is 18.0 Å². The Balaban J connectivity index is 0.000000155. The van der Waals surface area contributed by atoms with Crippen LogP contribution in [-0.2, 0) is 28.5 Å². The summed E-state index contributed by atoms with van der Waals surface area (Å²) >= 11 is 29.7. The van der Waals surface area contributed by atoms with Crippen molar-refractivity contribution in [2.45, 2.75) is 132 Å². The largest absolute Gasteiger partial charge is 0.444 e. The summed E-state index contributed by atoms with van der Waals surface area (Å²) in [7, 11) is 0. The Kier molecular flexibility index (Phi) is 28.7. The van der Waals surface area contributed by atoms with E-state index in [0.717, 1.165) is 46.8 Å². The number of nitrogens with two attached hydrogens (primary N) is 1. The second-order valence-electron chi connectivity index (χ2n) is 34.3. The molecule has 12 aromatic rings. The van der Waals surface area contributed by atoms with E-state index in [1.165, 1.54) is 40.7 Å². The molecule has 0 radical (unpaired) electrons. The van der Waals surface area contributed by atoms with Crippen LogP contribution in [0.5, 0.6) is 0 Å². The molecule has 0 spiro atoms. The third kappa shape index (κ3) is 22.6. The fourth-order valence-electron chi connectivity index (χ4n) is 13.6. The topological polar surface area (TPSA) is 287 Å². The Labute approximate surface area is 764 Å². The normalized spacial score (nSPS) is 14.1. The number of nitrogens with one attached hydrogen (secondary N) is 1. The van der Waals surface area contributed by atoms with E-state index >= 15 is 8.78 Å². The summed E-state index contributed by atoms with van der Waals surface area (Å²) in [6.07, 6.45) is -1.70. The molecular weight excluding hydrogens is 1860 g/mol. The van der Waals surface area contributed by atoms with Crippen LogP contribution in [0.1, 0.15) is 104 Å². The minimum Gasteiger partial charge on any atom is -0.444 e. The van der Waals surface area contributed by atoms with Crippen LogP contribution in [0.25, 0.3) is 87.5 Å². The summed E-state index contributed by atoms with van der Waals surface area (Å²) in [4.78, 5) is 99.9. The Bertz CT molecular complexity index is 6120. The lowest BCUT2D eigenvalue weighted by atomic mass is 10.0. The quantitative estimate of drug-likeness (QED) is 0.0618. The number of fused-ring (bicyclic) bond motifs is 6. The molecule has 0 saturated carbocycles. The van der Waals surface area contributed by atoms with Crippen molar-refractivity contribution < 1.29 is 65.6 Å². The first-order chi connectivity index (χ1) is 58.7. The second kappa shape index (κ2) is 38.2. The van der Waals surface area contributed by atoms with Crippen molar-refractivity contribution in [3.63, 3.8) is 0 Å². The van der Waals surface area contributed by atoms with Gasteiger partial charge in [-0.3, -0.25) is 10.1 Å². The van der Waals surface area contributed by atoms with Gasteiger partial charge in [0.2, 0.25) is 5.91 Å². The molecule has 125 heavy (non-hydrogen) atoms. The second-order valence-corrected chi connectivity index (χ2v) is 39.3. The molecule has 0 atom stereocenters. The van der Waals surface area contributed by atoms with Gasteiger partial charge >= 0.3 is 30.5 Å². The van der Waals surface area contributed by atoms with Crippen LogP contribution in [0.15, 0.2) is 131 Å². The summed E-state index contributed by atoms with van der Waals surface area (Å²) in [5.74, 6) is -1.02. The third-order valence-electron chi connectivity index (χ3n) is 19.0. The fourth-order valence-corrected chi connectivity index (χ4v) is 17.9. The maximum absolute atomic E-state index is 16.3. The molecule has 3 N–H and O–H groups in total. The van der Waals surface area contributed by atoms with Crippen molar-refractivity contribution in [3.05, 3.63) is 163 Å². The molecule has 3 aliphatic rings. The van der Waals surface area contributed by atoms with Crippen molar-refractivity contribution in [2.24, 2.45) is 0 Å². The molecule has 9 heterocycles. The number of benzene rings is 6. The van der Waals surface area contributed by atoms with Gasteiger partial charge in [0.1, 0.15) is 75.8 Å². The molecule has 15 rings (SSSR count). The van der Waals surface area contributed by atoms with Crippen LogP contribution >= 0.6 is 101 Å². The fraction of sp³-hybridized carbons (Fsp3) is 0.364. The van der Waals surface area contributed by atoms with E-state index in [4.69, 9.17) is 64.2 Å². The van der Waals surface area contributed by atoms with E-state index < -0.39 is 63.7 Å². The molecule has 0 bridgehead atoms. The van der Waals surface area contributed by atoms with Gasteiger partial charge in [-0.25, -0.2) is 52.1 Å². The Morgan fingerprint density at radius 3 is 1.22 bits per heavy atom.